The monoisotopic (exact) mass is 432 g/mol. The molecule has 9 heteroatoms. The van der Waals surface area contributed by atoms with Crippen LogP contribution in [0.15, 0.2) is 52.3 Å². The van der Waals surface area contributed by atoms with Gasteiger partial charge < -0.3 is 9.52 Å². The molecule has 3 aromatic rings. The zero-order chi connectivity index (χ0) is 20.9. The summed E-state index contributed by atoms with van der Waals surface area (Å²) in [6.07, 6.45) is 1.40. The first kappa shape index (κ1) is 19.4. The Labute approximate surface area is 173 Å². The molecule has 1 atom stereocenters. The summed E-state index contributed by atoms with van der Waals surface area (Å²) >= 11 is 7.06. The lowest BCUT2D eigenvalue weighted by atomic mass is 9.99. The van der Waals surface area contributed by atoms with E-state index in [4.69, 9.17) is 16.0 Å². The molecule has 0 aliphatic carbocycles. The number of hydrogen-bond donors (Lipinski definition) is 1. The van der Waals surface area contributed by atoms with Gasteiger partial charge in [0.15, 0.2) is 5.76 Å². The number of anilines is 1. The van der Waals surface area contributed by atoms with Crippen LogP contribution in [0.4, 0.5) is 10.1 Å². The smallest absolute Gasteiger partial charge is 0.294 e. The maximum absolute atomic E-state index is 13.6. The Bertz CT molecular complexity index is 1170. The Kier molecular flexibility index (Phi) is 4.76. The highest BCUT2D eigenvalue weighted by Gasteiger charge is 2.46. The van der Waals surface area contributed by atoms with Gasteiger partial charge in [0.1, 0.15) is 17.6 Å². The third kappa shape index (κ3) is 3.14. The van der Waals surface area contributed by atoms with E-state index in [2.05, 4.69) is 4.98 Å². The van der Waals surface area contributed by atoms with Crippen LogP contribution in [0.2, 0.25) is 5.02 Å². The first-order valence-electron chi connectivity index (χ1n) is 8.53. The Morgan fingerprint density at radius 1 is 1.34 bits per heavy atom. The molecule has 29 heavy (non-hydrogen) atoms. The molecule has 4 rings (SSSR count). The number of aliphatic hydroxyl groups is 1. The largest absolute Gasteiger partial charge is 0.503 e. The topological polar surface area (TPSA) is 83.6 Å². The van der Waals surface area contributed by atoms with Gasteiger partial charge in [0.2, 0.25) is 5.78 Å². The molecule has 0 fully saturated rings. The van der Waals surface area contributed by atoms with Crippen LogP contribution in [0.25, 0.3) is 0 Å². The predicted octanol–water partition coefficient (Wildman–Crippen LogP) is 4.93. The summed E-state index contributed by atoms with van der Waals surface area (Å²) in [5.41, 5.74) is 0.596. The van der Waals surface area contributed by atoms with Crippen molar-refractivity contribution in [2.45, 2.75) is 19.9 Å². The summed E-state index contributed by atoms with van der Waals surface area (Å²) in [6, 6.07) is 5.87. The van der Waals surface area contributed by atoms with Crippen molar-refractivity contribution in [3.63, 3.8) is 0 Å². The van der Waals surface area contributed by atoms with Gasteiger partial charge in [-0.3, -0.25) is 14.5 Å². The fourth-order valence-corrected chi connectivity index (χ4v) is 4.37. The number of halogens is 2. The number of benzene rings is 1. The highest BCUT2D eigenvalue weighted by molar-refractivity contribution is 7.14. The van der Waals surface area contributed by atoms with E-state index < -0.39 is 29.3 Å². The molecule has 1 aliphatic heterocycles. The third-order valence-electron chi connectivity index (χ3n) is 4.56. The Morgan fingerprint density at radius 3 is 2.69 bits per heavy atom. The van der Waals surface area contributed by atoms with Crippen LogP contribution >= 0.6 is 22.9 Å². The number of aromatic nitrogens is 1. The average molecular weight is 433 g/mol. The molecule has 1 unspecified atom stereocenters. The fraction of sp³-hybridized carbons (Fsp3) is 0.150. The minimum Gasteiger partial charge on any atom is -0.503 e. The molecule has 2 aromatic heterocycles. The maximum atomic E-state index is 13.6. The molecule has 0 saturated carbocycles. The van der Waals surface area contributed by atoms with Crippen molar-refractivity contribution in [3.05, 3.63) is 80.1 Å². The van der Waals surface area contributed by atoms with Crippen molar-refractivity contribution in [1.82, 2.24) is 4.98 Å². The number of aryl methyl sites for hydroxylation is 2. The number of hydrogen-bond acceptors (Lipinski definition) is 6. The Morgan fingerprint density at radius 2 is 2.10 bits per heavy atom. The maximum Gasteiger partial charge on any atom is 0.294 e. The summed E-state index contributed by atoms with van der Waals surface area (Å²) in [5, 5.41) is 11.1. The summed E-state index contributed by atoms with van der Waals surface area (Å²) < 4.78 is 19.1. The van der Waals surface area contributed by atoms with Gasteiger partial charge in [0.05, 0.1) is 32.4 Å². The van der Waals surface area contributed by atoms with Crippen molar-refractivity contribution < 1.29 is 23.5 Å². The molecule has 0 saturated heterocycles. The van der Waals surface area contributed by atoms with Crippen LogP contribution in [0.3, 0.4) is 0 Å². The minimum absolute atomic E-state index is 0.128. The van der Waals surface area contributed by atoms with Gasteiger partial charge in [0.25, 0.3) is 5.91 Å². The Hall–Kier alpha value is -2.97. The number of carbonyl (C=O) groups is 2. The lowest BCUT2D eigenvalue weighted by Gasteiger charge is -2.25. The van der Waals surface area contributed by atoms with Crippen LogP contribution in [0, 0.1) is 19.7 Å². The summed E-state index contributed by atoms with van der Waals surface area (Å²) in [7, 11) is 0. The molecule has 1 aliphatic rings. The van der Waals surface area contributed by atoms with E-state index in [1.165, 1.54) is 29.7 Å². The number of nitrogens with zero attached hydrogens (tertiary/aromatic N) is 2. The van der Waals surface area contributed by atoms with Crippen molar-refractivity contribution in [3.8, 4) is 0 Å². The third-order valence-corrected chi connectivity index (χ3v) is 5.92. The molecule has 1 aromatic carbocycles. The van der Waals surface area contributed by atoms with Gasteiger partial charge in [-0.25, -0.2) is 9.37 Å². The van der Waals surface area contributed by atoms with E-state index in [0.717, 1.165) is 11.0 Å². The zero-order valence-electron chi connectivity index (χ0n) is 15.3. The standard InChI is InChI=1S/C20H14ClFN2O4S/c1-9-19(29-10(2)23-9)17(25)15-16(14-4-3-7-28-14)24(20(27)18(15)26)11-5-6-13(22)12(21)8-11/h3-8,16,26H,1-2H3. The number of carbonyl (C=O) groups excluding carboxylic acids is 2. The second kappa shape index (κ2) is 7.13. The van der Waals surface area contributed by atoms with Crippen LogP contribution < -0.4 is 4.90 Å². The highest BCUT2D eigenvalue weighted by Crippen LogP contribution is 2.43. The number of amides is 1. The molecular formula is C20H14ClFN2O4S. The van der Waals surface area contributed by atoms with Crippen molar-refractivity contribution in [2.24, 2.45) is 0 Å². The van der Waals surface area contributed by atoms with E-state index in [0.29, 0.717) is 15.6 Å². The number of ketones is 1. The summed E-state index contributed by atoms with van der Waals surface area (Å²) in [6.45, 7) is 3.45. The zero-order valence-corrected chi connectivity index (χ0v) is 16.8. The lowest BCUT2D eigenvalue weighted by Crippen LogP contribution is -2.30. The predicted molar refractivity (Wildman–Crippen MR) is 106 cm³/mol. The van der Waals surface area contributed by atoms with Gasteiger partial charge in [-0.05, 0) is 44.2 Å². The van der Waals surface area contributed by atoms with E-state index in [1.54, 1.807) is 26.0 Å². The molecule has 0 radical (unpaired) electrons. The van der Waals surface area contributed by atoms with Crippen LogP contribution in [0.5, 0.6) is 0 Å². The van der Waals surface area contributed by atoms with Gasteiger partial charge in [0, 0.05) is 5.69 Å². The summed E-state index contributed by atoms with van der Waals surface area (Å²) in [4.78, 5) is 31.9. The fourth-order valence-electron chi connectivity index (χ4n) is 3.32. The number of thiazole rings is 1. The van der Waals surface area contributed by atoms with Crippen LogP contribution in [-0.4, -0.2) is 21.8 Å². The number of rotatable bonds is 4. The van der Waals surface area contributed by atoms with Crippen molar-refractivity contribution in [2.75, 3.05) is 4.90 Å². The molecule has 1 amide bonds. The van der Waals surface area contributed by atoms with Crippen LogP contribution in [-0.2, 0) is 4.79 Å². The average Bonchev–Trinajstić information content (AvgIpc) is 3.37. The molecule has 1 N–H and O–H groups in total. The van der Waals surface area contributed by atoms with Crippen LogP contribution in [0.1, 0.15) is 32.2 Å². The molecule has 0 spiro atoms. The van der Waals surface area contributed by atoms with Gasteiger partial charge >= 0.3 is 0 Å². The highest BCUT2D eigenvalue weighted by atomic mass is 35.5. The quantitative estimate of drug-likeness (QED) is 0.591. The van der Waals surface area contributed by atoms with Gasteiger partial charge in [-0.1, -0.05) is 11.6 Å². The number of furan rings is 1. The van der Waals surface area contributed by atoms with Gasteiger partial charge in [-0.2, -0.15) is 0 Å². The normalized spacial score (nSPS) is 16.8. The lowest BCUT2D eigenvalue weighted by molar-refractivity contribution is -0.117. The molecule has 0 bridgehead atoms. The Balaban J connectivity index is 1.88. The second-order valence-corrected chi connectivity index (χ2v) is 8.04. The van der Waals surface area contributed by atoms with Crippen molar-refractivity contribution >= 4 is 40.3 Å². The van der Waals surface area contributed by atoms with E-state index in [-0.39, 0.29) is 22.0 Å². The van der Waals surface area contributed by atoms with E-state index in [9.17, 15) is 19.1 Å². The molecule has 148 valence electrons. The molecule has 6 nitrogen and oxygen atoms in total. The first-order valence-corrected chi connectivity index (χ1v) is 9.73. The molecule has 3 heterocycles. The minimum atomic E-state index is -1.03. The number of Topliss-reactive ketones (excluding diaryl/α,β-unsaturated/α-hetero) is 1. The SMILES string of the molecule is Cc1nc(C)c(C(=O)C2=C(O)C(=O)N(c3ccc(F)c(Cl)c3)C2c2ccco2)s1. The van der Waals surface area contributed by atoms with E-state index in [1.807, 2.05) is 0 Å². The first-order chi connectivity index (χ1) is 13.8. The van der Waals surface area contributed by atoms with E-state index >= 15 is 0 Å². The summed E-state index contributed by atoms with van der Waals surface area (Å²) in [5.74, 6) is -2.40. The second-order valence-electron chi connectivity index (χ2n) is 6.43. The van der Waals surface area contributed by atoms with Gasteiger partial charge in [-0.15, -0.1) is 11.3 Å². The van der Waals surface area contributed by atoms with Crippen molar-refractivity contribution in [1.29, 1.82) is 0 Å². The number of aliphatic hydroxyl groups excluding tert-OH is 1. The molecular weight excluding hydrogens is 419 g/mol.